The van der Waals surface area contributed by atoms with Crippen molar-refractivity contribution in [3.05, 3.63) is 0 Å². The van der Waals surface area contributed by atoms with E-state index in [1.54, 1.807) is 34.6 Å². The van der Waals surface area contributed by atoms with Gasteiger partial charge in [0.2, 0.25) is 0 Å². The second kappa shape index (κ2) is 15.3. The number of ether oxygens (including phenoxy) is 6. The summed E-state index contributed by atoms with van der Waals surface area (Å²) in [5.41, 5.74) is -1.11. The minimum Gasteiger partial charge on any atom is -0.462 e. The van der Waals surface area contributed by atoms with Crippen LogP contribution < -0.4 is 0 Å². The zero-order chi connectivity index (χ0) is 35.1. The number of carbonyl (C=O) groups is 2. The highest BCUT2D eigenvalue weighted by Gasteiger charge is 2.57. The molecule has 4 heterocycles. The fraction of sp³-hybridized carbons (Fsp3) is 0.941. The Balaban J connectivity index is 1.74. The summed E-state index contributed by atoms with van der Waals surface area (Å²) >= 11 is 0. The average molecular weight is 674 g/mol. The van der Waals surface area contributed by atoms with Gasteiger partial charge in [-0.15, -0.1) is 0 Å². The molecule has 4 fully saturated rings. The van der Waals surface area contributed by atoms with Crippen LogP contribution in [0.3, 0.4) is 0 Å². The van der Waals surface area contributed by atoms with Crippen molar-refractivity contribution in [3.63, 3.8) is 0 Å². The van der Waals surface area contributed by atoms with Gasteiger partial charge in [0.1, 0.15) is 18.3 Å². The molecule has 18 atom stereocenters. The second-order valence-electron chi connectivity index (χ2n) is 15.1. The average Bonchev–Trinajstić information content (AvgIpc) is 3.79. The molecule has 0 amide bonds. The van der Waals surface area contributed by atoms with Crippen LogP contribution in [0, 0.1) is 29.6 Å². The third-order valence-corrected chi connectivity index (χ3v) is 11.1. The lowest BCUT2D eigenvalue weighted by molar-refractivity contribution is -0.298. The molecule has 272 valence electrons. The Labute approximate surface area is 279 Å². The first kappa shape index (κ1) is 38.5. The molecule has 0 aliphatic carbocycles. The number of rotatable bonds is 5. The lowest BCUT2D eigenvalue weighted by atomic mass is 9.76. The lowest BCUT2D eigenvalue weighted by Gasteiger charge is -2.46. The Morgan fingerprint density at radius 3 is 1.98 bits per heavy atom. The van der Waals surface area contributed by atoms with Crippen LogP contribution >= 0.6 is 0 Å². The molecule has 13 nitrogen and oxygen atoms in total. The molecule has 1 spiro atoms. The van der Waals surface area contributed by atoms with E-state index in [-0.39, 0.29) is 43.3 Å². The Hall–Kier alpha value is -1.26. The number of carbonyl (C=O) groups excluding carboxylic acids is 2. The molecule has 0 aromatic carbocycles. The monoisotopic (exact) mass is 673 g/mol. The smallest absolute Gasteiger partial charge is 0.311 e. The highest BCUT2D eigenvalue weighted by atomic mass is 16.7. The van der Waals surface area contributed by atoms with Crippen molar-refractivity contribution in [3.8, 4) is 0 Å². The number of esters is 1. The molecule has 0 aromatic heterocycles. The predicted octanol–water partition coefficient (Wildman–Crippen LogP) is 1.25. The summed E-state index contributed by atoms with van der Waals surface area (Å²) in [6.07, 6.45) is -8.64. The van der Waals surface area contributed by atoms with E-state index >= 15 is 0 Å². The molecule has 0 radical (unpaired) electrons. The van der Waals surface area contributed by atoms with Gasteiger partial charge in [-0.2, -0.15) is 0 Å². The maximum atomic E-state index is 13.8. The molecule has 4 rings (SSSR count). The van der Waals surface area contributed by atoms with E-state index < -0.39 is 96.7 Å². The Kier molecular flexibility index (Phi) is 12.6. The van der Waals surface area contributed by atoms with Gasteiger partial charge in [0.05, 0.1) is 49.1 Å². The van der Waals surface area contributed by atoms with Gasteiger partial charge in [-0.25, -0.2) is 0 Å². The first-order valence-electron chi connectivity index (χ1n) is 17.3. The molecule has 47 heavy (non-hydrogen) atoms. The number of nitrogens with zero attached hydrogens (tertiary/aromatic N) is 1. The summed E-state index contributed by atoms with van der Waals surface area (Å²) in [5, 5.41) is 43.4. The zero-order valence-corrected chi connectivity index (χ0v) is 29.6. The summed E-state index contributed by atoms with van der Waals surface area (Å²) in [5.74, 6) is -3.92. The van der Waals surface area contributed by atoms with E-state index in [1.165, 1.54) is 0 Å². The van der Waals surface area contributed by atoms with Gasteiger partial charge in [0, 0.05) is 30.2 Å². The predicted molar refractivity (Wildman–Crippen MR) is 169 cm³/mol. The number of hydrogen-bond acceptors (Lipinski definition) is 13. The Bertz CT molecular complexity index is 1060. The van der Waals surface area contributed by atoms with Gasteiger partial charge in [-0.3, -0.25) is 9.59 Å². The molecule has 4 saturated heterocycles. The SMILES string of the molecule is C[C@@H]1[C@@H](O[C@@H]2O[C@H](C)C[C@H](N(C)C)[C@H]2O)[C@@H](C)C[C@@]2(CO2)C(=O)[C@H](C)[C@@H](O)[C@@H](C)[C@@H](C)OC(=O)[C@H](C)[C@H]1O[C@H]1C[C@H](O)[C@H](O)[C@H](C)O1. The van der Waals surface area contributed by atoms with Crippen LogP contribution in [0.1, 0.15) is 74.7 Å². The standard InChI is InChI=1S/C34H59NO12/c1-15-13-34(14-42-34)31(40)18(4)26(37)17(3)21(7)45-32(41)20(6)30(46-25-12-24(36)27(38)22(8)44-25)19(5)29(15)47-33-28(39)23(35(9)10)11-16(2)43-33/h15-30,33,36-39H,11-14H2,1-10H3/t15-,16+,17-,18+,19+,20+,21+,22-,23-,24-,25-,26-,27+,28+,29-,30-,33-,34+/m0/s1. The molecule has 4 N–H and O–H groups in total. The van der Waals surface area contributed by atoms with E-state index in [1.807, 2.05) is 39.8 Å². The zero-order valence-electron chi connectivity index (χ0n) is 29.6. The largest absolute Gasteiger partial charge is 0.462 e. The minimum absolute atomic E-state index is 0.0208. The van der Waals surface area contributed by atoms with E-state index in [2.05, 4.69) is 0 Å². The van der Waals surface area contributed by atoms with Crippen LogP contribution in [0.5, 0.6) is 0 Å². The molecular weight excluding hydrogens is 614 g/mol. The molecule has 13 heteroatoms. The highest BCUT2D eigenvalue weighted by molar-refractivity contribution is 5.92. The normalized spacial score (nSPS) is 50.7. The van der Waals surface area contributed by atoms with Crippen molar-refractivity contribution in [1.82, 2.24) is 4.90 Å². The number of hydrogen-bond donors (Lipinski definition) is 4. The molecule has 0 bridgehead atoms. The Morgan fingerprint density at radius 1 is 0.766 bits per heavy atom. The number of aliphatic hydroxyl groups is 4. The third-order valence-electron chi connectivity index (χ3n) is 11.1. The molecule has 0 unspecified atom stereocenters. The van der Waals surface area contributed by atoms with Crippen LogP contribution in [-0.4, -0.2) is 137 Å². The van der Waals surface area contributed by atoms with Crippen LogP contribution in [-0.2, 0) is 38.0 Å². The van der Waals surface area contributed by atoms with Gasteiger partial charge in [0.25, 0.3) is 0 Å². The van der Waals surface area contributed by atoms with E-state index in [0.29, 0.717) is 6.42 Å². The summed E-state index contributed by atoms with van der Waals surface area (Å²) in [7, 11) is 3.78. The maximum Gasteiger partial charge on any atom is 0.311 e. The van der Waals surface area contributed by atoms with Gasteiger partial charge >= 0.3 is 5.97 Å². The van der Waals surface area contributed by atoms with E-state index in [0.717, 1.165) is 0 Å². The molecule has 0 saturated carbocycles. The number of ketones is 1. The quantitative estimate of drug-likeness (QED) is 0.243. The number of likely N-dealkylation sites (N-methyl/N-ethyl adjacent to an activating group) is 1. The molecule has 0 aromatic rings. The first-order valence-corrected chi connectivity index (χ1v) is 17.3. The number of epoxide rings is 1. The fourth-order valence-corrected chi connectivity index (χ4v) is 7.68. The van der Waals surface area contributed by atoms with Crippen molar-refractivity contribution in [2.45, 2.75) is 154 Å². The van der Waals surface area contributed by atoms with Gasteiger partial charge in [-0.1, -0.05) is 27.7 Å². The summed E-state index contributed by atoms with van der Waals surface area (Å²) in [6, 6.07) is -0.232. The van der Waals surface area contributed by atoms with Crippen LogP contribution in [0.4, 0.5) is 0 Å². The van der Waals surface area contributed by atoms with Gasteiger partial charge in [-0.05, 0) is 60.5 Å². The summed E-state index contributed by atoms with van der Waals surface area (Å²) in [4.78, 5) is 29.5. The topological polar surface area (TPSA) is 177 Å². The van der Waals surface area contributed by atoms with E-state index in [4.69, 9.17) is 28.4 Å². The first-order chi connectivity index (χ1) is 21.9. The molecular formula is C34H59NO12. The molecule has 4 aliphatic heterocycles. The summed E-state index contributed by atoms with van der Waals surface area (Å²) in [6.45, 7) is 14.4. The van der Waals surface area contributed by atoms with Crippen molar-refractivity contribution < 1.29 is 58.4 Å². The number of aliphatic hydroxyl groups excluding tert-OH is 4. The minimum atomic E-state index is -1.11. The van der Waals surface area contributed by atoms with Crippen LogP contribution in [0.2, 0.25) is 0 Å². The summed E-state index contributed by atoms with van der Waals surface area (Å²) < 4.78 is 37.0. The third kappa shape index (κ3) is 8.38. The number of Topliss-reactive ketones (excluding diaryl/α,β-unsaturated/α-hetero) is 1. The van der Waals surface area contributed by atoms with E-state index in [9.17, 15) is 30.0 Å². The van der Waals surface area contributed by atoms with Crippen molar-refractivity contribution in [1.29, 1.82) is 0 Å². The lowest BCUT2D eigenvalue weighted by Crippen LogP contribution is -2.57. The van der Waals surface area contributed by atoms with Crippen LogP contribution in [0.25, 0.3) is 0 Å². The van der Waals surface area contributed by atoms with Gasteiger partial charge in [0.15, 0.2) is 24.0 Å². The van der Waals surface area contributed by atoms with Crippen molar-refractivity contribution >= 4 is 11.8 Å². The Morgan fingerprint density at radius 2 is 1.40 bits per heavy atom. The van der Waals surface area contributed by atoms with Crippen molar-refractivity contribution in [2.24, 2.45) is 29.6 Å². The van der Waals surface area contributed by atoms with Crippen LogP contribution in [0.15, 0.2) is 0 Å². The highest BCUT2D eigenvalue weighted by Crippen LogP contribution is 2.43. The van der Waals surface area contributed by atoms with Gasteiger partial charge < -0.3 is 53.7 Å². The fourth-order valence-electron chi connectivity index (χ4n) is 7.68. The van der Waals surface area contributed by atoms with Crippen molar-refractivity contribution in [2.75, 3.05) is 20.7 Å². The maximum absolute atomic E-state index is 13.8. The number of cyclic esters (lactones) is 1. The second-order valence-corrected chi connectivity index (χ2v) is 15.1. The molecule has 4 aliphatic rings.